The van der Waals surface area contributed by atoms with Gasteiger partial charge in [-0.15, -0.1) is 11.3 Å². The first kappa shape index (κ1) is 16.5. The third-order valence-electron chi connectivity index (χ3n) is 4.18. The maximum absolute atomic E-state index is 12.5. The number of hydrogen-bond donors (Lipinski definition) is 1. The van der Waals surface area contributed by atoms with E-state index in [0.29, 0.717) is 17.2 Å². The second kappa shape index (κ2) is 7.01. The van der Waals surface area contributed by atoms with E-state index in [2.05, 4.69) is 5.32 Å². The molecule has 1 aliphatic heterocycles. The highest BCUT2D eigenvalue weighted by Crippen LogP contribution is 2.39. The largest absolute Gasteiger partial charge is 0.459 e. The maximum Gasteiger partial charge on any atom is 0.341 e. The van der Waals surface area contributed by atoms with Gasteiger partial charge in [-0.25, -0.2) is 4.79 Å². The van der Waals surface area contributed by atoms with Gasteiger partial charge in [-0.1, -0.05) is 0 Å². The average Bonchev–Trinajstić information content (AvgIpc) is 3.13. The molecule has 0 bridgehead atoms. The molecule has 1 unspecified atom stereocenters. The topological polar surface area (TPSA) is 64.6 Å². The first-order valence-corrected chi connectivity index (χ1v) is 9.16. The molecule has 126 valence electrons. The van der Waals surface area contributed by atoms with Crippen LogP contribution in [0.25, 0.3) is 0 Å². The summed E-state index contributed by atoms with van der Waals surface area (Å²) in [4.78, 5) is 26.1. The molecule has 0 radical (unpaired) electrons. The second-order valence-electron chi connectivity index (χ2n) is 6.36. The molecular weight excluding hydrogens is 314 g/mol. The minimum absolute atomic E-state index is 0.153. The van der Waals surface area contributed by atoms with Gasteiger partial charge in [-0.05, 0) is 57.9 Å². The zero-order valence-corrected chi connectivity index (χ0v) is 14.5. The van der Waals surface area contributed by atoms with Crippen molar-refractivity contribution in [2.24, 2.45) is 0 Å². The molecule has 2 aliphatic rings. The Morgan fingerprint density at radius 1 is 1.26 bits per heavy atom. The monoisotopic (exact) mass is 337 g/mol. The predicted octanol–water partition coefficient (Wildman–Crippen LogP) is 3.31. The Bertz CT molecular complexity index is 602. The number of rotatable bonds is 4. The summed E-state index contributed by atoms with van der Waals surface area (Å²) in [7, 11) is 0. The van der Waals surface area contributed by atoms with E-state index < -0.39 is 6.10 Å². The summed E-state index contributed by atoms with van der Waals surface area (Å²) in [6.07, 6.45) is 5.12. The minimum atomic E-state index is -0.400. The summed E-state index contributed by atoms with van der Waals surface area (Å²) in [5.41, 5.74) is 1.62. The Labute approximate surface area is 140 Å². The van der Waals surface area contributed by atoms with Crippen LogP contribution in [0.1, 0.15) is 60.3 Å². The van der Waals surface area contributed by atoms with Crippen molar-refractivity contribution in [2.45, 2.75) is 64.6 Å². The van der Waals surface area contributed by atoms with Gasteiger partial charge in [0.15, 0.2) is 0 Å². The summed E-state index contributed by atoms with van der Waals surface area (Å²) >= 11 is 1.52. The molecule has 1 N–H and O–H groups in total. The fraction of sp³-hybridized carbons (Fsp3) is 0.647. The zero-order chi connectivity index (χ0) is 16.4. The van der Waals surface area contributed by atoms with Crippen LogP contribution in [-0.4, -0.2) is 30.7 Å². The van der Waals surface area contributed by atoms with Crippen molar-refractivity contribution in [3.63, 3.8) is 0 Å². The fourth-order valence-electron chi connectivity index (χ4n) is 3.12. The zero-order valence-electron chi connectivity index (χ0n) is 13.6. The van der Waals surface area contributed by atoms with Crippen molar-refractivity contribution < 1.29 is 19.1 Å². The van der Waals surface area contributed by atoms with E-state index in [9.17, 15) is 9.59 Å². The summed E-state index contributed by atoms with van der Waals surface area (Å²) in [6.45, 7) is 4.30. The van der Waals surface area contributed by atoms with Crippen LogP contribution in [0.2, 0.25) is 0 Å². The number of amides is 1. The van der Waals surface area contributed by atoms with E-state index in [1.807, 2.05) is 13.8 Å². The van der Waals surface area contributed by atoms with Gasteiger partial charge in [0.1, 0.15) is 11.1 Å². The van der Waals surface area contributed by atoms with Crippen molar-refractivity contribution >= 4 is 28.2 Å². The van der Waals surface area contributed by atoms with Gasteiger partial charge in [0.05, 0.1) is 11.7 Å². The van der Waals surface area contributed by atoms with Gasteiger partial charge in [-0.3, -0.25) is 4.79 Å². The number of thiophene rings is 1. The molecule has 0 saturated carbocycles. The van der Waals surface area contributed by atoms with Crippen LogP contribution in [0.4, 0.5) is 5.00 Å². The third-order valence-corrected chi connectivity index (χ3v) is 5.38. The molecule has 2 heterocycles. The van der Waals surface area contributed by atoms with Crippen molar-refractivity contribution in [3.8, 4) is 0 Å². The predicted molar refractivity (Wildman–Crippen MR) is 89.1 cm³/mol. The molecule has 3 rings (SSSR count). The number of carbonyl (C=O) groups is 2. The van der Waals surface area contributed by atoms with E-state index in [1.54, 1.807) is 0 Å². The van der Waals surface area contributed by atoms with E-state index >= 15 is 0 Å². The van der Waals surface area contributed by atoms with Crippen molar-refractivity contribution in [1.82, 2.24) is 0 Å². The molecular formula is C17H23NO4S. The first-order chi connectivity index (χ1) is 11.1. The summed E-state index contributed by atoms with van der Waals surface area (Å²) in [5, 5.41) is 3.55. The molecule has 1 aromatic rings. The SMILES string of the molecule is CC(C)OC(=O)c1c(NC(=O)C2CCCO2)sc2c1CCCC2. The van der Waals surface area contributed by atoms with Crippen LogP contribution in [-0.2, 0) is 27.1 Å². The van der Waals surface area contributed by atoms with Gasteiger partial charge in [0.2, 0.25) is 0 Å². The van der Waals surface area contributed by atoms with E-state index in [0.717, 1.165) is 44.1 Å². The first-order valence-electron chi connectivity index (χ1n) is 8.34. The van der Waals surface area contributed by atoms with Crippen molar-refractivity contribution in [1.29, 1.82) is 0 Å². The molecule has 1 aliphatic carbocycles. The molecule has 5 nitrogen and oxygen atoms in total. The van der Waals surface area contributed by atoms with Gasteiger partial charge >= 0.3 is 5.97 Å². The Hall–Kier alpha value is -1.40. The number of fused-ring (bicyclic) bond motifs is 1. The van der Waals surface area contributed by atoms with Crippen LogP contribution < -0.4 is 5.32 Å². The normalized spacial score (nSPS) is 20.4. The highest BCUT2D eigenvalue weighted by atomic mass is 32.1. The quantitative estimate of drug-likeness (QED) is 0.856. The van der Waals surface area contributed by atoms with Gasteiger partial charge in [-0.2, -0.15) is 0 Å². The molecule has 1 amide bonds. The number of aryl methyl sites for hydroxylation is 1. The average molecular weight is 337 g/mol. The van der Waals surface area contributed by atoms with Crippen LogP contribution in [0.3, 0.4) is 0 Å². The molecule has 23 heavy (non-hydrogen) atoms. The minimum Gasteiger partial charge on any atom is -0.459 e. The van der Waals surface area contributed by atoms with Gasteiger partial charge < -0.3 is 14.8 Å². The van der Waals surface area contributed by atoms with Gasteiger partial charge in [0.25, 0.3) is 5.91 Å². The van der Waals surface area contributed by atoms with Crippen LogP contribution in [0.15, 0.2) is 0 Å². The molecule has 1 saturated heterocycles. The number of ether oxygens (including phenoxy) is 2. The van der Waals surface area contributed by atoms with Crippen molar-refractivity contribution in [2.75, 3.05) is 11.9 Å². The third kappa shape index (κ3) is 3.58. The lowest BCUT2D eigenvalue weighted by atomic mass is 9.95. The number of esters is 1. The lowest BCUT2D eigenvalue weighted by molar-refractivity contribution is -0.124. The molecule has 0 aromatic carbocycles. The second-order valence-corrected chi connectivity index (χ2v) is 7.47. The molecule has 0 spiro atoms. The maximum atomic E-state index is 12.5. The molecule has 6 heteroatoms. The van der Waals surface area contributed by atoms with E-state index in [4.69, 9.17) is 9.47 Å². The van der Waals surface area contributed by atoms with E-state index in [-0.39, 0.29) is 18.0 Å². The number of hydrogen-bond acceptors (Lipinski definition) is 5. The number of carbonyl (C=O) groups excluding carboxylic acids is 2. The van der Waals surface area contributed by atoms with E-state index in [1.165, 1.54) is 16.2 Å². The lowest BCUT2D eigenvalue weighted by Gasteiger charge is -2.14. The smallest absolute Gasteiger partial charge is 0.341 e. The molecule has 1 fully saturated rings. The van der Waals surface area contributed by atoms with Crippen LogP contribution in [0.5, 0.6) is 0 Å². The van der Waals surface area contributed by atoms with Gasteiger partial charge in [0, 0.05) is 11.5 Å². The van der Waals surface area contributed by atoms with Crippen molar-refractivity contribution in [3.05, 3.63) is 16.0 Å². The highest BCUT2D eigenvalue weighted by molar-refractivity contribution is 7.17. The standard InChI is InChI=1S/C17H23NO4S/c1-10(2)22-17(20)14-11-6-3-4-8-13(11)23-16(14)18-15(19)12-7-5-9-21-12/h10,12H,3-9H2,1-2H3,(H,18,19). The fourth-order valence-corrected chi connectivity index (χ4v) is 4.40. The summed E-state index contributed by atoms with van der Waals surface area (Å²) in [5.74, 6) is -0.485. The van der Waals surface area contributed by atoms with Crippen LogP contribution >= 0.6 is 11.3 Å². The Morgan fingerprint density at radius 2 is 2.04 bits per heavy atom. The summed E-state index contributed by atoms with van der Waals surface area (Å²) in [6, 6.07) is 0. The number of nitrogens with one attached hydrogen (secondary N) is 1. The summed E-state index contributed by atoms with van der Waals surface area (Å²) < 4.78 is 10.8. The molecule has 1 atom stereocenters. The Balaban J connectivity index is 1.87. The Morgan fingerprint density at radius 3 is 2.74 bits per heavy atom. The number of anilines is 1. The highest BCUT2D eigenvalue weighted by Gasteiger charge is 2.30. The Kier molecular flexibility index (Phi) is 5.02. The van der Waals surface area contributed by atoms with Crippen LogP contribution in [0, 0.1) is 0 Å². The molecule has 1 aromatic heterocycles. The lowest BCUT2D eigenvalue weighted by Crippen LogP contribution is -2.27.